The molecule has 1 aromatic carbocycles. The van der Waals surface area contributed by atoms with Crippen molar-refractivity contribution in [1.82, 2.24) is 9.88 Å². The van der Waals surface area contributed by atoms with E-state index in [1.807, 2.05) is 36.1 Å². The Morgan fingerprint density at radius 3 is 2.63 bits per heavy atom. The summed E-state index contributed by atoms with van der Waals surface area (Å²) < 4.78 is 16.9. The van der Waals surface area contributed by atoms with Crippen molar-refractivity contribution >= 4 is 28.1 Å². The summed E-state index contributed by atoms with van der Waals surface area (Å²) in [5, 5.41) is 5.72. The first-order valence-electron chi connectivity index (χ1n) is 9.20. The second kappa shape index (κ2) is 7.84. The quantitative estimate of drug-likeness (QED) is 0.846. The molecule has 3 heterocycles. The van der Waals surface area contributed by atoms with Gasteiger partial charge in [0.2, 0.25) is 0 Å². The van der Waals surface area contributed by atoms with Gasteiger partial charge in [-0.15, -0.1) is 11.3 Å². The van der Waals surface area contributed by atoms with Crippen LogP contribution in [0.25, 0.3) is 0 Å². The molecule has 0 atom stereocenters. The van der Waals surface area contributed by atoms with Crippen LogP contribution in [0.15, 0.2) is 29.6 Å². The van der Waals surface area contributed by atoms with Crippen molar-refractivity contribution in [3.05, 3.63) is 35.3 Å². The van der Waals surface area contributed by atoms with Crippen LogP contribution in [-0.4, -0.2) is 54.5 Å². The monoisotopic (exact) mass is 389 g/mol. The van der Waals surface area contributed by atoms with Crippen molar-refractivity contribution in [2.45, 2.75) is 25.6 Å². The van der Waals surface area contributed by atoms with Gasteiger partial charge in [-0.3, -0.25) is 4.79 Å². The number of benzene rings is 1. The molecule has 1 amide bonds. The van der Waals surface area contributed by atoms with Crippen molar-refractivity contribution in [3.63, 3.8) is 0 Å². The largest absolute Gasteiger partial charge is 0.494 e. The number of amides is 1. The van der Waals surface area contributed by atoms with Crippen molar-refractivity contribution in [2.75, 3.05) is 38.2 Å². The van der Waals surface area contributed by atoms with Gasteiger partial charge >= 0.3 is 0 Å². The van der Waals surface area contributed by atoms with Gasteiger partial charge in [0.05, 0.1) is 19.8 Å². The molecule has 4 rings (SSSR count). The number of likely N-dealkylation sites (tertiary alicyclic amines) is 1. The lowest BCUT2D eigenvalue weighted by atomic mass is 10.0. The zero-order valence-electron chi connectivity index (χ0n) is 15.3. The minimum atomic E-state index is -0.473. The predicted molar refractivity (Wildman–Crippen MR) is 103 cm³/mol. The molecule has 1 aromatic heterocycles. The lowest BCUT2D eigenvalue weighted by molar-refractivity contribution is -0.181. The molecule has 2 aliphatic rings. The highest BCUT2D eigenvalue weighted by Gasteiger charge is 2.41. The number of hydrogen-bond acceptors (Lipinski definition) is 7. The Balaban J connectivity index is 1.35. The van der Waals surface area contributed by atoms with E-state index in [1.54, 1.807) is 5.38 Å². The number of hydrogen-bond donors (Lipinski definition) is 1. The van der Waals surface area contributed by atoms with Crippen LogP contribution in [0, 0.1) is 0 Å². The van der Waals surface area contributed by atoms with Crippen molar-refractivity contribution in [1.29, 1.82) is 0 Å². The number of nitrogens with one attached hydrogen (secondary N) is 1. The average molecular weight is 389 g/mol. The number of aromatic nitrogens is 1. The van der Waals surface area contributed by atoms with Crippen LogP contribution in [0.1, 0.15) is 30.3 Å². The summed E-state index contributed by atoms with van der Waals surface area (Å²) in [7, 11) is 0. The van der Waals surface area contributed by atoms with E-state index in [4.69, 9.17) is 14.2 Å². The summed E-state index contributed by atoms with van der Waals surface area (Å²) >= 11 is 1.42. The zero-order chi connectivity index (χ0) is 18.7. The first kappa shape index (κ1) is 18.2. The van der Waals surface area contributed by atoms with E-state index >= 15 is 0 Å². The second-order valence-corrected chi connectivity index (χ2v) is 7.38. The normalized spacial score (nSPS) is 18.6. The van der Waals surface area contributed by atoms with E-state index in [-0.39, 0.29) is 5.91 Å². The van der Waals surface area contributed by atoms with Crippen molar-refractivity contribution in [3.8, 4) is 5.75 Å². The first-order chi connectivity index (χ1) is 13.2. The van der Waals surface area contributed by atoms with E-state index in [2.05, 4.69) is 10.3 Å². The third-order valence-corrected chi connectivity index (χ3v) is 5.52. The van der Waals surface area contributed by atoms with Crippen LogP contribution in [0.2, 0.25) is 0 Å². The maximum Gasteiger partial charge on any atom is 0.273 e. The summed E-state index contributed by atoms with van der Waals surface area (Å²) in [6.07, 6.45) is 1.42. The average Bonchev–Trinajstić information content (AvgIpc) is 3.34. The van der Waals surface area contributed by atoms with Crippen LogP contribution in [-0.2, 0) is 9.47 Å². The molecule has 0 aliphatic carbocycles. The first-order valence-corrected chi connectivity index (χ1v) is 10.1. The predicted octanol–water partition coefficient (Wildman–Crippen LogP) is 3.26. The lowest BCUT2D eigenvalue weighted by Crippen LogP contribution is -2.47. The summed E-state index contributed by atoms with van der Waals surface area (Å²) in [5.74, 6) is 0.314. The van der Waals surface area contributed by atoms with Gasteiger partial charge in [0, 0.05) is 37.0 Å². The molecule has 1 spiro atoms. The Bertz CT molecular complexity index is 777. The Labute approximate surface area is 162 Å². The van der Waals surface area contributed by atoms with Gasteiger partial charge in [-0.2, -0.15) is 0 Å². The molecule has 27 heavy (non-hydrogen) atoms. The molecular weight excluding hydrogens is 366 g/mol. The summed E-state index contributed by atoms with van der Waals surface area (Å²) in [6, 6.07) is 7.67. The summed E-state index contributed by atoms with van der Waals surface area (Å²) in [5.41, 5.74) is 1.37. The third kappa shape index (κ3) is 4.07. The van der Waals surface area contributed by atoms with Gasteiger partial charge in [-0.05, 0) is 31.2 Å². The van der Waals surface area contributed by atoms with Crippen molar-refractivity contribution in [2.24, 2.45) is 0 Å². The molecular formula is C19H23N3O4S. The third-order valence-electron chi connectivity index (χ3n) is 4.77. The van der Waals surface area contributed by atoms with Gasteiger partial charge in [0.15, 0.2) is 10.9 Å². The Hall–Kier alpha value is -2.16. The number of ether oxygens (including phenoxy) is 3. The van der Waals surface area contributed by atoms with E-state index < -0.39 is 5.79 Å². The Morgan fingerprint density at radius 2 is 1.96 bits per heavy atom. The molecule has 2 fully saturated rings. The highest BCUT2D eigenvalue weighted by atomic mass is 32.1. The molecule has 2 aliphatic heterocycles. The number of piperidine rings is 1. The van der Waals surface area contributed by atoms with Crippen LogP contribution in [0.4, 0.5) is 10.8 Å². The molecule has 2 aromatic rings. The van der Waals surface area contributed by atoms with Crippen LogP contribution in [0.3, 0.4) is 0 Å². The number of rotatable bonds is 5. The molecule has 1 N–H and O–H groups in total. The highest BCUT2D eigenvalue weighted by molar-refractivity contribution is 7.14. The molecule has 0 unspecified atom stereocenters. The topological polar surface area (TPSA) is 72.9 Å². The van der Waals surface area contributed by atoms with Crippen LogP contribution < -0.4 is 10.1 Å². The van der Waals surface area contributed by atoms with E-state index in [9.17, 15) is 4.79 Å². The van der Waals surface area contributed by atoms with E-state index in [1.165, 1.54) is 11.3 Å². The smallest absolute Gasteiger partial charge is 0.273 e. The molecule has 8 heteroatoms. The molecule has 0 bridgehead atoms. The summed E-state index contributed by atoms with van der Waals surface area (Å²) in [6.45, 7) is 5.12. The Morgan fingerprint density at radius 1 is 1.26 bits per heavy atom. The number of thiazole rings is 1. The highest BCUT2D eigenvalue weighted by Crippen LogP contribution is 2.32. The van der Waals surface area contributed by atoms with Gasteiger partial charge in [0.1, 0.15) is 11.4 Å². The number of anilines is 2. The molecule has 2 saturated heterocycles. The minimum absolute atomic E-state index is 0.0427. The number of carbonyl (C=O) groups is 1. The Kier molecular flexibility index (Phi) is 5.29. The fourth-order valence-electron chi connectivity index (χ4n) is 3.35. The molecule has 144 valence electrons. The molecule has 0 saturated carbocycles. The number of nitrogens with zero attached hydrogens (tertiary/aromatic N) is 2. The maximum absolute atomic E-state index is 12.7. The van der Waals surface area contributed by atoms with Crippen LogP contribution in [0.5, 0.6) is 5.75 Å². The fourth-order valence-corrected chi connectivity index (χ4v) is 4.06. The second-order valence-electron chi connectivity index (χ2n) is 6.52. The molecule has 7 nitrogen and oxygen atoms in total. The van der Waals surface area contributed by atoms with E-state index in [0.717, 1.165) is 11.4 Å². The van der Waals surface area contributed by atoms with Crippen LogP contribution >= 0.6 is 11.3 Å². The lowest BCUT2D eigenvalue weighted by Gasteiger charge is -2.37. The summed E-state index contributed by atoms with van der Waals surface area (Å²) in [4.78, 5) is 19.0. The molecule has 0 radical (unpaired) electrons. The fraction of sp³-hybridized carbons (Fsp3) is 0.474. The SMILES string of the molecule is CCOc1ccc(Nc2nc(C(=O)N3CCC4(CC3)OCCO4)cs2)cc1. The minimum Gasteiger partial charge on any atom is -0.494 e. The number of carbonyl (C=O) groups excluding carboxylic acids is 1. The maximum atomic E-state index is 12.7. The van der Waals surface area contributed by atoms with Gasteiger partial charge < -0.3 is 24.4 Å². The zero-order valence-corrected chi connectivity index (χ0v) is 16.1. The van der Waals surface area contributed by atoms with Crippen molar-refractivity contribution < 1.29 is 19.0 Å². The van der Waals surface area contributed by atoms with Gasteiger partial charge in [-0.1, -0.05) is 0 Å². The standard InChI is InChI=1S/C19H23N3O4S/c1-2-24-15-5-3-14(4-6-15)20-18-21-16(13-27-18)17(23)22-9-7-19(8-10-22)25-11-12-26-19/h3-6,13H,2,7-12H2,1H3,(H,20,21). The van der Waals surface area contributed by atoms with Gasteiger partial charge in [0.25, 0.3) is 5.91 Å². The van der Waals surface area contributed by atoms with Gasteiger partial charge in [-0.25, -0.2) is 4.98 Å². The van der Waals surface area contributed by atoms with E-state index in [0.29, 0.717) is 56.6 Å².